The molecule has 0 unspecified atom stereocenters. The molecular weight excluding hydrogens is 427 g/mol. The maximum atomic E-state index is 12.4. The van der Waals surface area contributed by atoms with Crippen molar-refractivity contribution in [2.45, 2.75) is 45.5 Å². The van der Waals surface area contributed by atoms with Gasteiger partial charge in [0.25, 0.3) is 0 Å². The van der Waals surface area contributed by atoms with E-state index in [0.29, 0.717) is 0 Å². The first-order valence-corrected chi connectivity index (χ1v) is 11.4. The van der Waals surface area contributed by atoms with Crippen LogP contribution in [0.4, 0.5) is 10.5 Å². The second-order valence-electron chi connectivity index (χ2n) is 9.59. The van der Waals surface area contributed by atoms with E-state index >= 15 is 0 Å². The Hall–Kier alpha value is -3.29. The normalized spacial score (nSPS) is 17.1. The number of hydrogen-bond acceptors (Lipinski definition) is 5. The molecule has 6 nitrogen and oxygen atoms in total. The van der Waals surface area contributed by atoms with Gasteiger partial charge in [0.2, 0.25) is 0 Å². The molecule has 0 spiro atoms. The van der Waals surface area contributed by atoms with Crippen LogP contribution in [0.15, 0.2) is 72.2 Å². The predicted octanol–water partition coefficient (Wildman–Crippen LogP) is 5.36. The Kier molecular flexibility index (Phi) is 6.68. The van der Waals surface area contributed by atoms with Crippen LogP contribution in [-0.2, 0) is 20.7 Å². The van der Waals surface area contributed by atoms with E-state index in [1.54, 1.807) is 0 Å². The fourth-order valence-corrected chi connectivity index (χ4v) is 3.73. The van der Waals surface area contributed by atoms with E-state index in [-0.39, 0.29) is 13.2 Å². The molecule has 1 fully saturated rings. The summed E-state index contributed by atoms with van der Waals surface area (Å²) in [7, 11) is -0.596. The summed E-state index contributed by atoms with van der Waals surface area (Å²) in [5.41, 5.74) is 8.35. The van der Waals surface area contributed by atoms with E-state index in [9.17, 15) is 4.79 Å². The molecule has 4 rings (SSSR count). The Morgan fingerprint density at radius 2 is 1.62 bits per heavy atom. The van der Waals surface area contributed by atoms with Crippen molar-refractivity contribution in [2.24, 2.45) is 0 Å². The maximum absolute atomic E-state index is 12.4. The number of rotatable bonds is 6. The Balaban J connectivity index is 1.53. The van der Waals surface area contributed by atoms with Crippen LogP contribution in [0.1, 0.15) is 38.8 Å². The van der Waals surface area contributed by atoms with Crippen molar-refractivity contribution in [3.05, 3.63) is 83.3 Å². The zero-order valence-corrected chi connectivity index (χ0v) is 20.1. The molecule has 0 saturated carbocycles. The van der Waals surface area contributed by atoms with Gasteiger partial charge in [-0.05, 0) is 73.3 Å². The van der Waals surface area contributed by atoms with Crippen LogP contribution in [0.25, 0.3) is 16.8 Å². The monoisotopic (exact) mass is 458 g/mol. The summed E-state index contributed by atoms with van der Waals surface area (Å²) in [6.45, 7) is 8.46. The van der Waals surface area contributed by atoms with Gasteiger partial charge in [0.15, 0.2) is 0 Å². The first-order chi connectivity index (χ1) is 16.1. The van der Waals surface area contributed by atoms with Gasteiger partial charge >= 0.3 is 13.2 Å². The number of nitrogens with two attached hydrogens (primary N) is 1. The van der Waals surface area contributed by atoms with Crippen molar-refractivity contribution < 1.29 is 18.8 Å². The van der Waals surface area contributed by atoms with Crippen molar-refractivity contribution in [1.82, 2.24) is 5.32 Å². The zero-order valence-electron chi connectivity index (χ0n) is 20.1. The third-order valence-electron chi connectivity index (χ3n) is 6.45. The molecule has 0 bridgehead atoms. The molecule has 0 aliphatic carbocycles. The van der Waals surface area contributed by atoms with Crippen molar-refractivity contribution in [3.8, 4) is 0 Å². The lowest BCUT2D eigenvalue weighted by Gasteiger charge is -2.32. The van der Waals surface area contributed by atoms with Crippen molar-refractivity contribution in [1.29, 1.82) is 0 Å². The number of hydrogen-bond donors (Lipinski definition) is 2. The average Bonchev–Trinajstić information content (AvgIpc) is 3.02. The van der Waals surface area contributed by atoms with Crippen molar-refractivity contribution in [3.63, 3.8) is 0 Å². The van der Waals surface area contributed by atoms with E-state index in [1.807, 2.05) is 94.4 Å². The summed E-state index contributed by atoms with van der Waals surface area (Å²) < 4.78 is 17.9. The number of alkyl carbamates (subject to hydrolysis) is 1. The number of carbonyl (C=O) groups excluding carboxylic acids is 1. The standard InChI is InChI=1S/C27H31BN2O4/c1-26(2)27(3,4)34-28(33-26)23(17-30-25(31)32-18-19-8-6-5-7-9-19)15-20-10-11-22-16-24(29)13-12-21(22)14-20/h5-16H,17-18,29H2,1-4H3,(H,30,31). The number of anilines is 1. The molecule has 1 saturated heterocycles. The van der Waals surface area contributed by atoms with Crippen LogP contribution in [0.2, 0.25) is 0 Å². The fraction of sp³-hybridized carbons (Fsp3) is 0.296. The predicted molar refractivity (Wildman–Crippen MR) is 137 cm³/mol. The molecule has 0 atom stereocenters. The molecule has 0 aromatic heterocycles. The lowest BCUT2D eigenvalue weighted by molar-refractivity contribution is 0.00578. The highest BCUT2D eigenvalue weighted by atomic mass is 16.7. The average molecular weight is 458 g/mol. The number of carbonyl (C=O) groups is 1. The third kappa shape index (κ3) is 5.43. The van der Waals surface area contributed by atoms with E-state index in [2.05, 4.69) is 11.4 Å². The summed E-state index contributed by atoms with van der Waals surface area (Å²) >= 11 is 0. The van der Waals surface area contributed by atoms with E-state index in [1.165, 1.54) is 0 Å². The van der Waals surface area contributed by atoms with Crippen LogP contribution in [0.5, 0.6) is 0 Å². The topological polar surface area (TPSA) is 82.8 Å². The number of nitrogen functional groups attached to an aromatic ring is 1. The largest absolute Gasteiger partial charge is 0.492 e. The minimum atomic E-state index is -0.596. The van der Waals surface area contributed by atoms with Gasteiger partial charge in [-0.3, -0.25) is 0 Å². The smallest absolute Gasteiger partial charge is 0.445 e. The Labute approximate surface area is 201 Å². The lowest BCUT2D eigenvalue weighted by Crippen LogP contribution is -2.41. The molecule has 7 heteroatoms. The van der Waals surface area contributed by atoms with Crippen LogP contribution in [-0.4, -0.2) is 31.0 Å². The summed E-state index contributed by atoms with van der Waals surface area (Å²) in [6, 6.07) is 21.5. The zero-order chi connectivity index (χ0) is 24.3. The van der Waals surface area contributed by atoms with Gasteiger partial charge in [0.05, 0.1) is 11.2 Å². The molecular formula is C27H31BN2O4. The number of benzene rings is 3. The summed E-state index contributed by atoms with van der Waals surface area (Å²) in [5, 5.41) is 4.99. The van der Waals surface area contributed by atoms with E-state index in [0.717, 1.165) is 33.1 Å². The summed E-state index contributed by atoms with van der Waals surface area (Å²) in [6.07, 6.45) is 1.50. The molecule has 3 N–H and O–H groups in total. The minimum absolute atomic E-state index is 0.204. The first kappa shape index (κ1) is 23.9. The third-order valence-corrected chi connectivity index (χ3v) is 6.45. The molecule has 1 heterocycles. The van der Waals surface area contributed by atoms with Crippen LogP contribution >= 0.6 is 0 Å². The summed E-state index contributed by atoms with van der Waals surface area (Å²) in [4.78, 5) is 12.4. The Morgan fingerprint density at radius 3 is 2.32 bits per heavy atom. The second kappa shape index (κ2) is 9.53. The van der Waals surface area contributed by atoms with Crippen LogP contribution in [0, 0.1) is 0 Å². The number of nitrogens with one attached hydrogen (secondary N) is 1. The molecule has 1 aliphatic rings. The first-order valence-electron chi connectivity index (χ1n) is 11.4. The van der Waals surface area contributed by atoms with Gasteiger partial charge in [0.1, 0.15) is 6.61 Å². The van der Waals surface area contributed by atoms with Gasteiger partial charge < -0.3 is 25.1 Å². The quantitative estimate of drug-likeness (QED) is 0.384. The fourth-order valence-electron chi connectivity index (χ4n) is 3.73. The molecule has 3 aromatic rings. The van der Waals surface area contributed by atoms with Crippen molar-refractivity contribution in [2.75, 3.05) is 12.3 Å². The van der Waals surface area contributed by atoms with Gasteiger partial charge in [-0.2, -0.15) is 0 Å². The summed E-state index contributed by atoms with van der Waals surface area (Å²) in [5.74, 6) is 0. The van der Waals surface area contributed by atoms with Gasteiger partial charge in [-0.15, -0.1) is 0 Å². The molecule has 34 heavy (non-hydrogen) atoms. The molecule has 176 valence electrons. The van der Waals surface area contributed by atoms with Crippen LogP contribution in [0.3, 0.4) is 0 Å². The molecule has 3 aromatic carbocycles. The lowest BCUT2D eigenvalue weighted by atomic mass is 9.77. The minimum Gasteiger partial charge on any atom is -0.445 e. The Bertz CT molecular complexity index is 1190. The van der Waals surface area contributed by atoms with Crippen molar-refractivity contribution >= 4 is 35.7 Å². The highest BCUT2D eigenvalue weighted by Crippen LogP contribution is 2.38. The highest BCUT2D eigenvalue weighted by molar-refractivity contribution is 6.56. The molecule has 0 radical (unpaired) electrons. The van der Waals surface area contributed by atoms with Gasteiger partial charge in [-0.1, -0.05) is 54.6 Å². The SMILES string of the molecule is CC1(C)OB(C(=Cc2ccc3cc(N)ccc3c2)CNC(=O)OCc2ccccc2)OC1(C)C. The molecule has 1 aliphatic heterocycles. The highest BCUT2D eigenvalue weighted by Gasteiger charge is 2.52. The second-order valence-corrected chi connectivity index (χ2v) is 9.59. The number of amides is 1. The van der Waals surface area contributed by atoms with E-state index in [4.69, 9.17) is 19.8 Å². The molecule has 1 amide bonds. The number of fused-ring (bicyclic) bond motifs is 1. The van der Waals surface area contributed by atoms with Crippen LogP contribution < -0.4 is 11.1 Å². The van der Waals surface area contributed by atoms with E-state index < -0.39 is 24.4 Å². The van der Waals surface area contributed by atoms with Gasteiger partial charge in [0, 0.05) is 12.2 Å². The van der Waals surface area contributed by atoms with Gasteiger partial charge in [-0.25, -0.2) is 4.79 Å². The number of ether oxygens (including phenoxy) is 1. The maximum Gasteiger partial charge on any atom is 0.492 e. The Morgan fingerprint density at radius 1 is 0.971 bits per heavy atom.